The van der Waals surface area contributed by atoms with Gasteiger partial charge in [-0.15, -0.1) is 0 Å². The van der Waals surface area contributed by atoms with Crippen LogP contribution in [0.1, 0.15) is 72.6 Å². The van der Waals surface area contributed by atoms with Gasteiger partial charge in [-0.3, -0.25) is 4.79 Å². The maximum absolute atomic E-state index is 11.9. The van der Waals surface area contributed by atoms with Crippen molar-refractivity contribution in [1.82, 2.24) is 5.32 Å². The third-order valence-corrected chi connectivity index (χ3v) is 3.80. The highest BCUT2D eigenvalue weighted by molar-refractivity contribution is 5.80. The maximum atomic E-state index is 11.9. The van der Waals surface area contributed by atoms with E-state index in [9.17, 15) is 4.79 Å². The molecule has 126 valence electrons. The van der Waals surface area contributed by atoms with Crippen LogP contribution in [0.25, 0.3) is 0 Å². The monoisotopic (exact) mass is 301 g/mol. The zero-order valence-electron chi connectivity index (χ0n) is 14.7. The van der Waals surface area contributed by atoms with Gasteiger partial charge in [-0.1, -0.05) is 46.0 Å². The molecule has 4 heteroatoms. The number of esters is 1. The third kappa shape index (κ3) is 9.10. The van der Waals surface area contributed by atoms with E-state index in [1.54, 1.807) is 0 Å². The molecule has 0 radical (unpaired) electrons. The topological polar surface area (TPSA) is 47.6 Å². The predicted octanol–water partition coefficient (Wildman–Crippen LogP) is 3.68. The first-order chi connectivity index (χ1) is 10.00. The van der Waals surface area contributed by atoms with Gasteiger partial charge in [0, 0.05) is 13.0 Å². The first kappa shape index (κ1) is 20.4. The molecule has 0 bridgehead atoms. The molecule has 0 heterocycles. The first-order valence-electron chi connectivity index (χ1n) is 8.45. The van der Waals surface area contributed by atoms with Gasteiger partial charge in [0.15, 0.2) is 0 Å². The van der Waals surface area contributed by atoms with Crippen LogP contribution in [0.5, 0.6) is 0 Å². The van der Waals surface area contributed by atoms with Crippen LogP contribution in [-0.2, 0) is 14.3 Å². The Morgan fingerprint density at radius 3 is 2.33 bits per heavy atom. The van der Waals surface area contributed by atoms with Gasteiger partial charge in [-0.05, 0) is 26.8 Å². The second kappa shape index (κ2) is 12.0. The molecule has 2 atom stereocenters. The van der Waals surface area contributed by atoms with E-state index < -0.39 is 5.54 Å². The Morgan fingerprint density at radius 1 is 1.14 bits per heavy atom. The summed E-state index contributed by atoms with van der Waals surface area (Å²) in [4.78, 5) is 11.9. The fourth-order valence-corrected chi connectivity index (χ4v) is 2.64. The molecule has 0 aliphatic carbocycles. The van der Waals surface area contributed by atoms with E-state index in [1.807, 2.05) is 20.8 Å². The summed E-state index contributed by atoms with van der Waals surface area (Å²) >= 11 is 0. The van der Waals surface area contributed by atoms with E-state index in [0.717, 1.165) is 19.6 Å². The molecule has 0 aliphatic rings. The lowest BCUT2D eigenvalue weighted by Gasteiger charge is -2.30. The van der Waals surface area contributed by atoms with Crippen molar-refractivity contribution in [2.24, 2.45) is 0 Å². The van der Waals surface area contributed by atoms with Crippen LogP contribution in [0.4, 0.5) is 0 Å². The summed E-state index contributed by atoms with van der Waals surface area (Å²) in [6, 6.07) is 0. The van der Waals surface area contributed by atoms with Gasteiger partial charge in [0.1, 0.15) is 5.54 Å². The number of rotatable bonds is 13. The van der Waals surface area contributed by atoms with E-state index in [4.69, 9.17) is 9.47 Å². The van der Waals surface area contributed by atoms with Crippen LogP contribution in [-0.4, -0.2) is 37.9 Å². The molecule has 0 saturated heterocycles. The van der Waals surface area contributed by atoms with E-state index >= 15 is 0 Å². The zero-order valence-corrected chi connectivity index (χ0v) is 14.7. The van der Waals surface area contributed by atoms with E-state index in [1.165, 1.54) is 39.2 Å². The van der Waals surface area contributed by atoms with Crippen molar-refractivity contribution in [2.45, 2.75) is 84.3 Å². The van der Waals surface area contributed by atoms with Gasteiger partial charge < -0.3 is 14.8 Å². The highest BCUT2D eigenvalue weighted by atomic mass is 16.5. The van der Waals surface area contributed by atoms with Crippen molar-refractivity contribution >= 4 is 5.97 Å². The van der Waals surface area contributed by atoms with Gasteiger partial charge in [0.25, 0.3) is 0 Å². The predicted molar refractivity (Wildman–Crippen MR) is 87.5 cm³/mol. The lowest BCUT2D eigenvalue weighted by molar-refractivity contribution is -0.149. The van der Waals surface area contributed by atoms with Gasteiger partial charge in [0.2, 0.25) is 0 Å². The molecule has 21 heavy (non-hydrogen) atoms. The number of unbranched alkanes of at least 4 members (excludes halogenated alkanes) is 5. The van der Waals surface area contributed by atoms with E-state index in [2.05, 4.69) is 12.2 Å². The number of methoxy groups -OCH3 is 1. The van der Waals surface area contributed by atoms with Crippen LogP contribution in [0.3, 0.4) is 0 Å². The fourth-order valence-electron chi connectivity index (χ4n) is 2.64. The third-order valence-electron chi connectivity index (χ3n) is 3.80. The highest BCUT2D eigenvalue weighted by Crippen LogP contribution is 2.17. The van der Waals surface area contributed by atoms with Crippen molar-refractivity contribution in [1.29, 1.82) is 0 Å². The summed E-state index contributed by atoms with van der Waals surface area (Å²) in [5, 5.41) is 3.21. The Balaban J connectivity index is 3.93. The Hall–Kier alpha value is -0.610. The Bertz CT molecular complexity index is 271. The summed E-state index contributed by atoms with van der Waals surface area (Å²) in [6.07, 6.45) is 8.24. The summed E-state index contributed by atoms with van der Waals surface area (Å²) in [7, 11) is 1.43. The first-order valence-corrected chi connectivity index (χ1v) is 8.45. The highest BCUT2D eigenvalue weighted by Gasteiger charge is 2.35. The average molecular weight is 301 g/mol. The quantitative estimate of drug-likeness (QED) is 0.416. The SMILES string of the molecule is CCCCCCCCOC(C)CC(C)(NCC)C(=O)OC. The fraction of sp³-hybridized carbons (Fsp3) is 0.941. The minimum Gasteiger partial charge on any atom is -0.468 e. The molecular formula is C17H35NO3. The summed E-state index contributed by atoms with van der Waals surface area (Å²) in [5.74, 6) is -0.223. The van der Waals surface area contributed by atoms with Gasteiger partial charge in [0.05, 0.1) is 13.2 Å². The van der Waals surface area contributed by atoms with Crippen molar-refractivity contribution in [2.75, 3.05) is 20.3 Å². The van der Waals surface area contributed by atoms with Crippen molar-refractivity contribution in [3.63, 3.8) is 0 Å². The number of ether oxygens (including phenoxy) is 2. The molecule has 1 N–H and O–H groups in total. The Kier molecular flexibility index (Phi) is 11.6. The smallest absolute Gasteiger partial charge is 0.325 e. The second-order valence-corrected chi connectivity index (χ2v) is 6.01. The van der Waals surface area contributed by atoms with Gasteiger partial charge in [-0.2, -0.15) is 0 Å². The minimum atomic E-state index is -0.663. The molecule has 0 rings (SSSR count). The number of hydrogen-bond donors (Lipinski definition) is 1. The van der Waals surface area contributed by atoms with Crippen LogP contribution >= 0.6 is 0 Å². The Labute approximate surface area is 131 Å². The summed E-state index contributed by atoms with van der Waals surface area (Å²) < 4.78 is 10.7. The van der Waals surface area contributed by atoms with E-state index in [-0.39, 0.29) is 12.1 Å². The number of carbonyl (C=O) groups is 1. The average Bonchev–Trinajstić information content (AvgIpc) is 2.45. The Morgan fingerprint density at radius 2 is 1.76 bits per heavy atom. The normalized spacial score (nSPS) is 15.5. The zero-order chi connectivity index (χ0) is 16.1. The number of nitrogens with one attached hydrogen (secondary N) is 1. The van der Waals surface area contributed by atoms with E-state index in [0.29, 0.717) is 6.42 Å². The van der Waals surface area contributed by atoms with Crippen LogP contribution in [0.2, 0.25) is 0 Å². The van der Waals surface area contributed by atoms with Crippen LogP contribution in [0.15, 0.2) is 0 Å². The molecular weight excluding hydrogens is 266 g/mol. The van der Waals surface area contributed by atoms with Gasteiger partial charge in [-0.25, -0.2) is 0 Å². The molecule has 0 aliphatic heterocycles. The molecule has 0 aromatic carbocycles. The molecule has 2 unspecified atom stereocenters. The largest absolute Gasteiger partial charge is 0.468 e. The summed E-state index contributed by atoms with van der Waals surface area (Å²) in [6.45, 7) is 9.63. The number of hydrogen-bond acceptors (Lipinski definition) is 4. The molecule has 0 aromatic rings. The van der Waals surface area contributed by atoms with Gasteiger partial charge >= 0.3 is 5.97 Å². The molecule has 0 spiro atoms. The van der Waals surface area contributed by atoms with Crippen LogP contribution in [0, 0.1) is 0 Å². The molecule has 0 saturated carbocycles. The van der Waals surface area contributed by atoms with Crippen molar-refractivity contribution in [3.05, 3.63) is 0 Å². The molecule has 4 nitrogen and oxygen atoms in total. The molecule has 0 fully saturated rings. The maximum Gasteiger partial charge on any atom is 0.325 e. The molecule has 0 amide bonds. The second-order valence-electron chi connectivity index (χ2n) is 6.01. The lowest BCUT2D eigenvalue weighted by atomic mass is 9.94. The van der Waals surface area contributed by atoms with Crippen molar-refractivity contribution < 1.29 is 14.3 Å². The minimum absolute atomic E-state index is 0.0452. The number of carbonyl (C=O) groups excluding carboxylic acids is 1. The summed E-state index contributed by atoms with van der Waals surface area (Å²) in [5.41, 5.74) is -0.663. The molecule has 0 aromatic heterocycles. The number of likely N-dealkylation sites (N-methyl/N-ethyl adjacent to an activating group) is 1. The standard InChI is InChI=1S/C17H35NO3/c1-6-8-9-10-11-12-13-21-15(3)14-17(4,18-7-2)16(19)20-5/h15,18H,6-14H2,1-5H3. The van der Waals surface area contributed by atoms with Crippen molar-refractivity contribution in [3.8, 4) is 0 Å². The van der Waals surface area contributed by atoms with Crippen LogP contribution < -0.4 is 5.32 Å². The lowest BCUT2D eigenvalue weighted by Crippen LogP contribution is -2.52.